The largest absolute Gasteiger partial charge is 0.463 e. The molecule has 1 saturated heterocycles. The molecule has 0 radical (unpaired) electrons. The number of hydrogen-bond donors (Lipinski definition) is 0. The van der Waals surface area contributed by atoms with Crippen LogP contribution in [0.5, 0.6) is 0 Å². The first kappa shape index (κ1) is 17.3. The first-order valence-corrected chi connectivity index (χ1v) is 6.13. The Labute approximate surface area is 119 Å². The first-order chi connectivity index (χ1) is 9.72. The summed E-state index contributed by atoms with van der Waals surface area (Å²) < 4.78 is 46.1. The number of esters is 3. The quantitative estimate of drug-likeness (QED) is 0.550. The second-order valence-corrected chi connectivity index (χ2v) is 4.42. The molecule has 5 atom stereocenters. The number of hydrogen-bond acceptors (Lipinski definition) is 7. The summed E-state index contributed by atoms with van der Waals surface area (Å²) in [5.74, 6) is -2.36. The van der Waals surface area contributed by atoms with Crippen LogP contribution in [0.4, 0.5) is 8.78 Å². The van der Waals surface area contributed by atoms with E-state index in [9.17, 15) is 23.2 Å². The Morgan fingerprint density at radius 2 is 1.48 bits per heavy atom. The van der Waals surface area contributed by atoms with Crippen molar-refractivity contribution >= 4 is 17.9 Å². The van der Waals surface area contributed by atoms with Crippen LogP contribution in [0.1, 0.15) is 20.8 Å². The van der Waals surface area contributed by atoms with Crippen molar-refractivity contribution in [1.82, 2.24) is 0 Å². The molecule has 21 heavy (non-hydrogen) atoms. The molecular formula is C12H16F2O7. The molecule has 9 heteroatoms. The van der Waals surface area contributed by atoms with Gasteiger partial charge in [-0.15, -0.1) is 0 Å². The Morgan fingerprint density at radius 1 is 0.952 bits per heavy atom. The zero-order valence-electron chi connectivity index (χ0n) is 11.7. The van der Waals surface area contributed by atoms with Crippen molar-refractivity contribution in [3.05, 3.63) is 0 Å². The predicted octanol–water partition coefficient (Wildman–Crippen LogP) is 0.445. The van der Waals surface area contributed by atoms with Crippen LogP contribution in [-0.4, -0.2) is 55.4 Å². The Balaban J connectivity index is 2.94. The first-order valence-electron chi connectivity index (χ1n) is 6.13. The minimum absolute atomic E-state index is 0.474. The van der Waals surface area contributed by atoms with E-state index in [-0.39, 0.29) is 0 Å². The minimum Gasteiger partial charge on any atom is -0.463 e. The summed E-state index contributed by atoms with van der Waals surface area (Å²) in [6.45, 7) is 2.68. The van der Waals surface area contributed by atoms with Crippen LogP contribution in [0.2, 0.25) is 0 Å². The number of rotatable bonds is 4. The van der Waals surface area contributed by atoms with Gasteiger partial charge in [0.15, 0.2) is 18.4 Å². The average Bonchev–Trinajstić information content (AvgIpc) is 2.35. The molecule has 0 spiro atoms. The third-order valence-corrected chi connectivity index (χ3v) is 2.61. The zero-order chi connectivity index (χ0) is 16.2. The molecule has 0 N–H and O–H groups in total. The second kappa shape index (κ2) is 7.30. The molecule has 7 nitrogen and oxygen atoms in total. The van der Waals surface area contributed by atoms with Crippen molar-refractivity contribution < 1.29 is 42.1 Å². The zero-order valence-corrected chi connectivity index (χ0v) is 11.7. The van der Waals surface area contributed by atoms with E-state index in [0.29, 0.717) is 0 Å². The Morgan fingerprint density at radius 3 is 1.95 bits per heavy atom. The average molecular weight is 310 g/mol. The highest BCUT2D eigenvalue weighted by Gasteiger charge is 2.51. The van der Waals surface area contributed by atoms with Crippen LogP contribution < -0.4 is 0 Å². The van der Waals surface area contributed by atoms with Gasteiger partial charge in [-0.1, -0.05) is 0 Å². The molecule has 0 aromatic rings. The van der Waals surface area contributed by atoms with E-state index in [1.165, 1.54) is 0 Å². The fourth-order valence-corrected chi connectivity index (χ4v) is 1.85. The van der Waals surface area contributed by atoms with Crippen molar-refractivity contribution in [2.75, 3.05) is 6.61 Å². The molecule has 0 aromatic carbocycles. The molecule has 1 heterocycles. The molecular weight excluding hydrogens is 294 g/mol. The van der Waals surface area contributed by atoms with Crippen molar-refractivity contribution in [2.45, 2.75) is 51.6 Å². The van der Waals surface area contributed by atoms with E-state index >= 15 is 0 Å². The fourth-order valence-electron chi connectivity index (χ4n) is 1.85. The predicted molar refractivity (Wildman–Crippen MR) is 62.4 cm³/mol. The van der Waals surface area contributed by atoms with Gasteiger partial charge in [0, 0.05) is 20.8 Å². The summed E-state index contributed by atoms with van der Waals surface area (Å²) in [5, 5.41) is 0. The summed E-state index contributed by atoms with van der Waals surface area (Å²) in [7, 11) is 0. The lowest BCUT2D eigenvalue weighted by atomic mass is 10.00. The van der Waals surface area contributed by atoms with Crippen LogP contribution in [0.15, 0.2) is 0 Å². The minimum atomic E-state index is -2.40. The molecule has 1 rings (SSSR count). The second-order valence-electron chi connectivity index (χ2n) is 4.42. The normalized spacial score (nSPS) is 32.1. The van der Waals surface area contributed by atoms with Gasteiger partial charge in [-0.2, -0.15) is 0 Å². The van der Waals surface area contributed by atoms with Crippen LogP contribution in [0.25, 0.3) is 0 Å². The molecule has 1 unspecified atom stereocenters. The highest BCUT2D eigenvalue weighted by atomic mass is 19.2. The van der Waals surface area contributed by atoms with Gasteiger partial charge < -0.3 is 18.9 Å². The van der Waals surface area contributed by atoms with E-state index in [4.69, 9.17) is 4.74 Å². The molecule has 0 saturated carbocycles. The Hall–Kier alpha value is -1.77. The number of carbonyl (C=O) groups is 3. The van der Waals surface area contributed by atoms with E-state index in [1.54, 1.807) is 0 Å². The third kappa shape index (κ3) is 4.92. The van der Waals surface area contributed by atoms with Crippen molar-refractivity contribution in [3.8, 4) is 0 Å². The summed E-state index contributed by atoms with van der Waals surface area (Å²) in [4.78, 5) is 32.8. The maximum Gasteiger partial charge on any atom is 0.303 e. The summed E-state index contributed by atoms with van der Waals surface area (Å²) in [6, 6.07) is 0. The number of alkyl halides is 2. The number of carbonyl (C=O) groups excluding carboxylic acids is 3. The molecule has 0 aromatic heterocycles. The Bertz CT molecular complexity index is 414. The summed E-state index contributed by atoms with van der Waals surface area (Å²) in [5.41, 5.74) is 0. The van der Waals surface area contributed by atoms with Gasteiger partial charge in [-0.3, -0.25) is 14.4 Å². The number of halogens is 2. The van der Waals surface area contributed by atoms with Gasteiger partial charge in [0.2, 0.25) is 6.36 Å². The van der Waals surface area contributed by atoms with Gasteiger partial charge in [-0.25, -0.2) is 8.78 Å². The molecule has 1 aliphatic heterocycles. The SMILES string of the molecule is CC(=O)OC[C@H]1OC(F)[C@H](F)[C@@H](OC(C)=O)[C@@H]1OC(C)=O. The van der Waals surface area contributed by atoms with Gasteiger partial charge in [0.05, 0.1) is 0 Å². The van der Waals surface area contributed by atoms with Gasteiger partial charge in [0.25, 0.3) is 0 Å². The molecule has 1 fully saturated rings. The number of ether oxygens (including phenoxy) is 4. The monoisotopic (exact) mass is 310 g/mol. The van der Waals surface area contributed by atoms with Crippen LogP contribution in [0.3, 0.4) is 0 Å². The maximum absolute atomic E-state index is 13.8. The Kier molecular flexibility index (Phi) is 6.01. The topological polar surface area (TPSA) is 88.1 Å². The lowest BCUT2D eigenvalue weighted by Gasteiger charge is -2.39. The van der Waals surface area contributed by atoms with E-state index < -0.39 is 55.4 Å². The van der Waals surface area contributed by atoms with Crippen LogP contribution in [0, 0.1) is 0 Å². The van der Waals surface area contributed by atoms with Gasteiger partial charge in [0.1, 0.15) is 12.7 Å². The lowest BCUT2D eigenvalue weighted by Crippen LogP contribution is -2.58. The molecule has 0 bridgehead atoms. The molecule has 1 aliphatic rings. The van der Waals surface area contributed by atoms with E-state index in [0.717, 1.165) is 20.8 Å². The van der Waals surface area contributed by atoms with Crippen molar-refractivity contribution in [2.24, 2.45) is 0 Å². The van der Waals surface area contributed by atoms with E-state index in [1.807, 2.05) is 0 Å². The smallest absolute Gasteiger partial charge is 0.303 e. The third-order valence-electron chi connectivity index (χ3n) is 2.61. The van der Waals surface area contributed by atoms with E-state index in [2.05, 4.69) is 14.2 Å². The fraction of sp³-hybridized carbons (Fsp3) is 0.750. The molecule has 120 valence electrons. The molecule has 0 amide bonds. The standard InChI is InChI=1S/C12H16F2O7/c1-5(15)18-4-8-10(19-6(2)16)11(20-7(3)17)9(13)12(14)21-8/h8-12H,4H2,1-3H3/t8-,9-,10-,11-,12?/m1/s1. The maximum atomic E-state index is 13.8. The van der Waals surface area contributed by atoms with Crippen LogP contribution >= 0.6 is 0 Å². The highest BCUT2D eigenvalue weighted by molar-refractivity contribution is 5.67. The lowest BCUT2D eigenvalue weighted by molar-refractivity contribution is -0.259. The summed E-state index contributed by atoms with van der Waals surface area (Å²) in [6.07, 6.45) is -9.12. The van der Waals surface area contributed by atoms with Crippen LogP contribution in [-0.2, 0) is 33.3 Å². The van der Waals surface area contributed by atoms with Crippen molar-refractivity contribution in [3.63, 3.8) is 0 Å². The van der Waals surface area contributed by atoms with Gasteiger partial charge >= 0.3 is 17.9 Å². The van der Waals surface area contributed by atoms with Crippen molar-refractivity contribution in [1.29, 1.82) is 0 Å². The van der Waals surface area contributed by atoms with Gasteiger partial charge in [-0.05, 0) is 0 Å². The highest BCUT2D eigenvalue weighted by Crippen LogP contribution is 2.29. The summed E-state index contributed by atoms with van der Waals surface area (Å²) >= 11 is 0. The molecule has 0 aliphatic carbocycles.